The predicted molar refractivity (Wildman–Crippen MR) is 128 cm³/mol. The van der Waals surface area contributed by atoms with Gasteiger partial charge in [-0.05, 0) is 54.8 Å². The number of amides is 1. The molecule has 0 saturated heterocycles. The minimum absolute atomic E-state index is 0.138. The van der Waals surface area contributed by atoms with Crippen molar-refractivity contribution < 1.29 is 24.1 Å². The van der Waals surface area contributed by atoms with Gasteiger partial charge in [0, 0.05) is 13.0 Å². The summed E-state index contributed by atoms with van der Waals surface area (Å²) in [5.41, 5.74) is 1.62. The Labute approximate surface area is 200 Å². The lowest BCUT2D eigenvalue weighted by Crippen LogP contribution is -2.46. The lowest BCUT2D eigenvalue weighted by molar-refractivity contribution is -0.122. The van der Waals surface area contributed by atoms with Crippen LogP contribution in [0.3, 0.4) is 0 Å². The van der Waals surface area contributed by atoms with E-state index in [1.54, 1.807) is 25.3 Å². The van der Waals surface area contributed by atoms with Gasteiger partial charge in [0.25, 0.3) is 0 Å². The number of carbonyl (C=O) groups is 1. The molecule has 180 valence electrons. The number of hydrogen-bond donors (Lipinski definition) is 3. The van der Waals surface area contributed by atoms with E-state index in [0.29, 0.717) is 54.0 Å². The second kappa shape index (κ2) is 12.7. The maximum Gasteiger partial charge on any atom is 0.220 e. The fourth-order valence-electron chi connectivity index (χ4n) is 3.68. The lowest BCUT2D eigenvalue weighted by atomic mass is 10.0. The van der Waals surface area contributed by atoms with Crippen LogP contribution < -0.4 is 24.8 Å². The van der Waals surface area contributed by atoms with Crippen molar-refractivity contribution in [2.75, 3.05) is 33.4 Å². The summed E-state index contributed by atoms with van der Waals surface area (Å²) in [5.74, 6) is 1.74. The average molecular weight is 477 g/mol. The molecule has 3 rings (SSSR count). The van der Waals surface area contributed by atoms with Gasteiger partial charge < -0.3 is 30.0 Å². The maximum atomic E-state index is 12.7. The molecule has 2 aromatic rings. The van der Waals surface area contributed by atoms with Gasteiger partial charge in [-0.25, -0.2) is 0 Å². The highest BCUT2D eigenvalue weighted by Crippen LogP contribution is 2.33. The molecule has 1 heterocycles. The Bertz CT molecular complexity index is 924. The number of rotatable bonds is 12. The van der Waals surface area contributed by atoms with Crippen LogP contribution in [0.2, 0.25) is 5.02 Å². The van der Waals surface area contributed by atoms with Crippen LogP contribution in [0.25, 0.3) is 0 Å². The summed E-state index contributed by atoms with van der Waals surface area (Å²) in [6, 6.07) is 10.4. The van der Waals surface area contributed by atoms with Crippen molar-refractivity contribution in [3.05, 3.63) is 52.5 Å². The van der Waals surface area contributed by atoms with Crippen molar-refractivity contribution in [2.24, 2.45) is 0 Å². The van der Waals surface area contributed by atoms with Gasteiger partial charge in [-0.15, -0.1) is 0 Å². The van der Waals surface area contributed by atoms with Crippen LogP contribution in [0.15, 0.2) is 36.4 Å². The second-order valence-corrected chi connectivity index (χ2v) is 8.46. The van der Waals surface area contributed by atoms with E-state index in [2.05, 4.69) is 17.6 Å². The van der Waals surface area contributed by atoms with Crippen molar-refractivity contribution >= 4 is 17.5 Å². The van der Waals surface area contributed by atoms with Crippen LogP contribution in [0.4, 0.5) is 0 Å². The molecule has 8 heteroatoms. The Morgan fingerprint density at radius 2 is 1.97 bits per heavy atom. The van der Waals surface area contributed by atoms with E-state index in [0.717, 1.165) is 24.9 Å². The highest BCUT2D eigenvalue weighted by molar-refractivity contribution is 6.32. The largest absolute Gasteiger partial charge is 0.495 e. The molecule has 0 spiro atoms. The monoisotopic (exact) mass is 476 g/mol. The van der Waals surface area contributed by atoms with Crippen LogP contribution in [-0.4, -0.2) is 50.5 Å². The van der Waals surface area contributed by atoms with Gasteiger partial charge in [-0.3, -0.25) is 4.79 Å². The molecule has 7 nitrogen and oxygen atoms in total. The number of hydrogen-bond acceptors (Lipinski definition) is 6. The standard InChI is InChI=1S/C25H33ClN2O5/c1-3-4-11-27-16-20(25(30)18-7-9-22-23(15-18)33-13-12-32-22)28-24(29)10-6-17-5-8-21(31-2)19(26)14-17/h5,7-9,14-15,20,25,27,30H,3-4,6,10-13,16H2,1-2H3,(H,28,29)/t20-,25-/m1/s1. The summed E-state index contributed by atoms with van der Waals surface area (Å²) >= 11 is 6.19. The molecule has 0 saturated carbocycles. The molecule has 3 N–H and O–H groups in total. The van der Waals surface area contributed by atoms with Crippen LogP contribution >= 0.6 is 11.6 Å². The van der Waals surface area contributed by atoms with Gasteiger partial charge >= 0.3 is 0 Å². The van der Waals surface area contributed by atoms with E-state index in [-0.39, 0.29) is 12.3 Å². The third kappa shape index (κ3) is 7.25. The summed E-state index contributed by atoms with van der Waals surface area (Å²) in [5, 5.41) is 17.9. The molecule has 1 amide bonds. The van der Waals surface area contributed by atoms with Crippen molar-refractivity contribution in [1.29, 1.82) is 0 Å². The molecule has 2 aromatic carbocycles. The zero-order valence-electron chi connectivity index (χ0n) is 19.2. The summed E-state index contributed by atoms with van der Waals surface area (Å²) in [6.45, 7) is 4.38. The molecule has 1 aliphatic heterocycles. The number of halogens is 1. The van der Waals surface area contributed by atoms with E-state index in [1.807, 2.05) is 18.2 Å². The number of aryl methyl sites for hydroxylation is 1. The Hall–Kier alpha value is -2.48. The Kier molecular flexibility index (Phi) is 9.66. The first kappa shape index (κ1) is 25.1. The molecule has 0 unspecified atom stereocenters. The Balaban J connectivity index is 1.63. The molecule has 2 atom stereocenters. The van der Waals surface area contributed by atoms with E-state index >= 15 is 0 Å². The lowest BCUT2D eigenvalue weighted by Gasteiger charge is -2.26. The summed E-state index contributed by atoms with van der Waals surface area (Å²) in [7, 11) is 1.57. The van der Waals surface area contributed by atoms with E-state index in [1.165, 1.54) is 0 Å². The van der Waals surface area contributed by atoms with Gasteiger partial charge in [-0.2, -0.15) is 0 Å². The molecule has 0 bridgehead atoms. The van der Waals surface area contributed by atoms with Crippen molar-refractivity contribution in [1.82, 2.24) is 10.6 Å². The number of aliphatic hydroxyl groups excluding tert-OH is 1. The Morgan fingerprint density at radius 3 is 2.70 bits per heavy atom. The number of ether oxygens (including phenoxy) is 3. The SMILES string of the molecule is CCCCNC[C@@H](NC(=O)CCc1ccc(OC)c(Cl)c1)[C@H](O)c1ccc2c(c1)OCCO2. The van der Waals surface area contributed by atoms with Gasteiger partial charge in [0.05, 0.1) is 18.2 Å². The fraction of sp³-hybridized carbons (Fsp3) is 0.480. The zero-order valence-corrected chi connectivity index (χ0v) is 20.0. The van der Waals surface area contributed by atoms with Gasteiger partial charge in [-0.1, -0.05) is 37.1 Å². The number of benzene rings is 2. The van der Waals surface area contributed by atoms with E-state index < -0.39 is 12.1 Å². The molecule has 1 aliphatic rings. The quantitative estimate of drug-likeness (QED) is 0.405. The van der Waals surface area contributed by atoms with Crippen molar-refractivity contribution in [3.63, 3.8) is 0 Å². The summed E-state index contributed by atoms with van der Waals surface area (Å²) in [4.78, 5) is 12.7. The van der Waals surface area contributed by atoms with E-state index in [9.17, 15) is 9.90 Å². The van der Waals surface area contributed by atoms with Gasteiger partial charge in [0.2, 0.25) is 5.91 Å². The minimum Gasteiger partial charge on any atom is -0.495 e. The second-order valence-electron chi connectivity index (χ2n) is 8.05. The number of aliphatic hydroxyl groups is 1. The minimum atomic E-state index is -0.894. The summed E-state index contributed by atoms with van der Waals surface area (Å²) < 4.78 is 16.4. The van der Waals surface area contributed by atoms with Gasteiger partial charge in [0.15, 0.2) is 11.5 Å². The first-order valence-corrected chi connectivity index (χ1v) is 11.8. The maximum absolute atomic E-state index is 12.7. The third-order valence-electron chi connectivity index (χ3n) is 5.56. The third-order valence-corrected chi connectivity index (χ3v) is 5.86. The average Bonchev–Trinajstić information content (AvgIpc) is 2.84. The van der Waals surface area contributed by atoms with Crippen LogP contribution in [0.5, 0.6) is 17.2 Å². The van der Waals surface area contributed by atoms with Gasteiger partial charge in [0.1, 0.15) is 25.1 Å². The van der Waals surface area contributed by atoms with Crippen LogP contribution in [0.1, 0.15) is 43.4 Å². The molecule has 0 radical (unpaired) electrons. The van der Waals surface area contributed by atoms with E-state index in [4.69, 9.17) is 25.8 Å². The number of fused-ring (bicyclic) bond motifs is 1. The molecule has 0 aromatic heterocycles. The van der Waals surface area contributed by atoms with Crippen molar-refractivity contribution in [3.8, 4) is 17.2 Å². The number of unbranched alkanes of at least 4 members (excludes halogenated alkanes) is 1. The number of carbonyl (C=O) groups excluding carboxylic acids is 1. The smallest absolute Gasteiger partial charge is 0.220 e. The topological polar surface area (TPSA) is 89.1 Å². The zero-order chi connectivity index (χ0) is 23.6. The van der Waals surface area contributed by atoms with Crippen LogP contribution in [-0.2, 0) is 11.2 Å². The summed E-state index contributed by atoms with van der Waals surface area (Å²) in [6.07, 6.45) is 2.01. The molecule has 0 aliphatic carbocycles. The normalized spacial score (nSPS) is 14.4. The van der Waals surface area contributed by atoms with Crippen molar-refractivity contribution in [2.45, 2.75) is 44.8 Å². The first-order valence-electron chi connectivity index (χ1n) is 11.4. The molecular weight excluding hydrogens is 444 g/mol. The van der Waals surface area contributed by atoms with Crippen LogP contribution in [0, 0.1) is 0 Å². The highest BCUT2D eigenvalue weighted by Gasteiger charge is 2.24. The molecule has 33 heavy (non-hydrogen) atoms. The molecular formula is C25H33ClN2O5. The molecule has 0 fully saturated rings. The highest BCUT2D eigenvalue weighted by atomic mass is 35.5. The predicted octanol–water partition coefficient (Wildman–Crippen LogP) is 3.66. The first-order chi connectivity index (χ1) is 16.0. The number of methoxy groups -OCH3 is 1. The fourth-order valence-corrected chi connectivity index (χ4v) is 3.96. The Morgan fingerprint density at radius 1 is 1.18 bits per heavy atom. The number of nitrogens with one attached hydrogen (secondary N) is 2.